The second-order valence-corrected chi connectivity index (χ2v) is 5.61. The third-order valence-corrected chi connectivity index (χ3v) is 3.69. The SMILES string of the molecule is CN(CCNc1ccc(Cl)cc1)Cc1ccccc1Cl. The van der Waals surface area contributed by atoms with E-state index >= 15 is 0 Å². The van der Waals surface area contributed by atoms with Gasteiger partial charge in [-0.15, -0.1) is 0 Å². The normalized spacial score (nSPS) is 10.8. The van der Waals surface area contributed by atoms with Crippen LogP contribution in [0.15, 0.2) is 48.5 Å². The number of likely N-dealkylation sites (N-methyl/N-ethyl adjacent to an activating group) is 1. The molecule has 0 aromatic heterocycles. The maximum absolute atomic E-state index is 6.16. The molecule has 0 aliphatic rings. The summed E-state index contributed by atoms with van der Waals surface area (Å²) in [4.78, 5) is 2.24. The van der Waals surface area contributed by atoms with E-state index in [1.807, 2.05) is 42.5 Å². The number of hydrogen-bond donors (Lipinski definition) is 1. The van der Waals surface area contributed by atoms with Gasteiger partial charge in [-0.1, -0.05) is 41.4 Å². The topological polar surface area (TPSA) is 15.3 Å². The van der Waals surface area contributed by atoms with E-state index in [-0.39, 0.29) is 0 Å². The highest BCUT2D eigenvalue weighted by molar-refractivity contribution is 6.31. The zero-order chi connectivity index (χ0) is 14.4. The third-order valence-electron chi connectivity index (χ3n) is 3.06. The second kappa shape index (κ2) is 7.53. The van der Waals surface area contributed by atoms with Crippen LogP contribution in [0.5, 0.6) is 0 Å². The lowest BCUT2D eigenvalue weighted by molar-refractivity contribution is 0.340. The average Bonchev–Trinajstić information content (AvgIpc) is 2.44. The van der Waals surface area contributed by atoms with Crippen molar-refractivity contribution in [1.29, 1.82) is 0 Å². The number of anilines is 1. The lowest BCUT2D eigenvalue weighted by Crippen LogP contribution is -2.24. The number of halogens is 2. The van der Waals surface area contributed by atoms with Crippen molar-refractivity contribution in [2.45, 2.75) is 6.54 Å². The summed E-state index contributed by atoms with van der Waals surface area (Å²) in [5.74, 6) is 0. The van der Waals surface area contributed by atoms with Gasteiger partial charge in [0.25, 0.3) is 0 Å². The summed E-state index contributed by atoms with van der Waals surface area (Å²) in [5.41, 5.74) is 2.24. The van der Waals surface area contributed by atoms with Crippen LogP contribution >= 0.6 is 23.2 Å². The van der Waals surface area contributed by atoms with Gasteiger partial charge in [0.2, 0.25) is 0 Å². The van der Waals surface area contributed by atoms with Crippen molar-refractivity contribution in [3.8, 4) is 0 Å². The summed E-state index contributed by atoms with van der Waals surface area (Å²) in [6, 6.07) is 15.7. The molecule has 1 N–H and O–H groups in total. The maximum atomic E-state index is 6.16. The van der Waals surface area contributed by atoms with Crippen LogP contribution in [-0.4, -0.2) is 25.0 Å². The summed E-state index contributed by atoms with van der Waals surface area (Å²) in [6.07, 6.45) is 0. The molecule has 20 heavy (non-hydrogen) atoms. The standard InChI is InChI=1S/C16H18Cl2N2/c1-20(12-13-4-2-3-5-16(13)18)11-10-19-15-8-6-14(17)7-9-15/h2-9,19H,10-12H2,1H3. The molecule has 0 aliphatic carbocycles. The van der Waals surface area contributed by atoms with Crippen molar-refractivity contribution in [3.05, 3.63) is 64.1 Å². The number of benzene rings is 2. The molecule has 0 radical (unpaired) electrons. The van der Waals surface area contributed by atoms with Crippen molar-refractivity contribution in [2.24, 2.45) is 0 Å². The molecule has 0 heterocycles. The van der Waals surface area contributed by atoms with Gasteiger partial charge in [-0.3, -0.25) is 0 Å². The van der Waals surface area contributed by atoms with Gasteiger partial charge in [-0.25, -0.2) is 0 Å². The van der Waals surface area contributed by atoms with Gasteiger partial charge in [0.05, 0.1) is 0 Å². The molecule has 0 atom stereocenters. The van der Waals surface area contributed by atoms with E-state index in [4.69, 9.17) is 23.2 Å². The first-order chi connectivity index (χ1) is 9.65. The van der Waals surface area contributed by atoms with E-state index in [1.54, 1.807) is 0 Å². The Bertz CT molecular complexity index is 540. The second-order valence-electron chi connectivity index (χ2n) is 4.76. The molecule has 2 nitrogen and oxygen atoms in total. The van der Waals surface area contributed by atoms with Gasteiger partial charge in [-0.2, -0.15) is 0 Å². The largest absolute Gasteiger partial charge is 0.384 e. The van der Waals surface area contributed by atoms with Crippen LogP contribution in [0.4, 0.5) is 5.69 Å². The Morgan fingerprint density at radius 3 is 2.40 bits per heavy atom. The van der Waals surface area contributed by atoms with E-state index in [0.29, 0.717) is 0 Å². The molecule has 0 fully saturated rings. The zero-order valence-corrected chi connectivity index (χ0v) is 13.0. The molecule has 2 aromatic rings. The van der Waals surface area contributed by atoms with Crippen molar-refractivity contribution in [2.75, 3.05) is 25.5 Å². The Kier molecular flexibility index (Phi) is 5.72. The fraction of sp³-hybridized carbons (Fsp3) is 0.250. The van der Waals surface area contributed by atoms with E-state index in [0.717, 1.165) is 40.9 Å². The molecule has 106 valence electrons. The minimum Gasteiger partial charge on any atom is -0.384 e. The summed E-state index contributed by atoms with van der Waals surface area (Å²) in [6.45, 7) is 2.67. The van der Waals surface area contributed by atoms with Gasteiger partial charge >= 0.3 is 0 Å². The van der Waals surface area contributed by atoms with Crippen LogP contribution in [0.3, 0.4) is 0 Å². The number of nitrogens with zero attached hydrogens (tertiary/aromatic N) is 1. The smallest absolute Gasteiger partial charge is 0.0451 e. The van der Waals surface area contributed by atoms with Crippen LogP contribution in [0, 0.1) is 0 Å². The predicted octanol–water partition coefficient (Wildman–Crippen LogP) is 4.54. The maximum Gasteiger partial charge on any atom is 0.0451 e. The Morgan fingerprint density at radius 1 is 1.00 bits per heavy atom. The Balaban J connectivity index is 1.76. The Morgan fingerprint density at radius 2 is 1.70 bits per heavy atom. The number of hydrogen-bond acceptors (Lipinski definition) is 2. The molecule has 2 rings (SSSR count). The highest BCUT2D eigenvalue weighted by atomic mass is 35.5. The van der Waals surface area contributed by atoms with Crippen molar-refractivity contribution in [3.63, 3.8) is 0 Å². The molecular formula is C16H18Cl2N2. The fourth-order valence-corrected chi connectivity index (χ4v) is 2.28. The molecule has 0 saturated heterocycles. The highest BCUT2D eigenvalue weighted by Crippen LogP contribution is 2.16. The monoisotopic (exact) mass is 308 g/mol. The van der Waals surface area contributed by atoms with E-state index < -0.39 is 0 Å². The van der Waals surface area contributed by atoms with Crippen molar-refractivity contribution in [1.82, 2.24) is 4.90 Å². The molecule has 0 saturated carbocycles. The molecule has 0 bridgehead atoms. The summed E-state index contributed by atoms with van der Waals surface area (Å²) in [5, 5.41) is 4.95. The average molecular weight is 309 g/mol. The molecule has 2 aromatic carbocycles. The number of nitrogens with one attached hydrogen (secondary N) is 1. The fourth-order valence-electron chi connectivity index (χ4n) is 1.96. The minimum atomic E-state index is 0.756. The van der Waals surface area contributed by atoms with E-state index in [9.17, 15) is 0 Å². The van der Waals surface area contributed by atoms with Crippen LogP contribution in [0.1, 0.15) is 5.56 Å². The Labute approximate surface area is 130 Å². The first kappa shape index (κ1) is 15.2. The van der Waals surface area contributed by atoms with Crippen LogP contribution in [0.2, 0.25) is 10.0 Å². The van der Waals surface area contributed by atoms with Crippen LogP contribution in [0.25, 0.3) is 0 Å². The molecule has 0 aliphatic heterocycles. The van der Waals surface area contributed by atoms with Gasteiger partial charge in [0.1, 0.15) is 0 Å². The van der Waals surface area contributed by atoms with Gasteiger partial charge in [0, 0.05) is 35.4 Å². The lowest BCUT2D eigenvalue weighted by Gasteiger charge is -2.18. The summed E-state index contributed by atoms with van der Waals surface area (Å²) in [7, 11) is 2.09. The lowest BCUT2D eigenvalue weighted by atomic mass is 10.2. The number of rotatable bonds is 6. The Hall–Kier alpha value is -1.22. The van der Waals surface area contributed by atoms with Crippen LogP contribution in [-0.2, 0) is 6.54 Å². The highest BCUT2D eigenvalue weighted by Gasteiger charge is 2.03. The third kappa shape index (κ3) is 4.71. The molecular weight excluding hydrogens is 291 g/mol. The molecule has 0 amide bonds. The van der Waals surface area contributed by atoms with Gasteiger partial charge in [-0.05, 0) is 42.9 Å². The van der Waals surface area contributed by atoms with Crippen molar-refractivity contribution < 1.29 is 0 Å². The van der Waals surface area contributed by atoms with Gasteiger partial charge in [0.15, 0.2) is 0 Å². The van der Waals surface area contributed by atoms with E-state index in [1.165, 1.54) is 0 Å². The summed E-state index contributed by atoms with van der Waals surface area (Å²) >= 11 is 12.0. The molecule has 0 unspecified atom stereocenters. The predicted molar refractivity (Wildman–Crippen MR) is 87.7 cm³/mol. The molecule has 0 spiro atoms. The molecule has 4 heteroatoms. The van der Waals surface area contributed by atoms with Crippen molar-refractivity contribution >= 4 is 28.9 Å². The zero-order valence-electron chi connectivity index (χ0n) is 11.4. The minimum absolute atomic E-state index is 0.756. The first-order valence-electron chi connectivity index (χ1n) is 6.56. The van der Waals surface area contributed by atoms with Crippen LogP contribution < -0.4 is 5.32 Å². The van der Waals surface area contributed by atoms with Gasteiger partial charge < -0.3 is 10.2 Å². The first-order valence-corrected chi connectivity index (χ1v) is 7.32. The summed E-state index contributed by atoms with van der Waals surface area (Å²) < 4.78 is 0. The van der Waals surface area contributed by atoms with E-state index in [2.05, 4.69) is 23.3 Å². The quantitative estimate of drug-likeness (QED) is 0.843.